The highest BCUT2D eigenvalue weighted by Gasteiger charge is 2.31. The number of methoxy groups -OCH3 is 1. The highest BCUT2D eigenvalue weighted by atomic mass is 16.5. The Hall–Kier alpha value is -1.88. The Kier molecular flexibility index (Phi) is 4.27. The Balaban J connectivity index is 1.71. The second-order valence-corrected chi connectivity index (χ2v) is 6.89. The van der Waals surface area contributed by atoms with Crippen LogP contribution in [0.4, 0.5) is 11.6 Å². The van der Waals surface area contributed by atoms with Crippen molar-refractivity contribution in [2.45, 2.75) is 57.6 Å². The van der Waals surface area contributed by atoms with Gasteiger partial charge in [-0.3, -0.25) is 4.57 Å². The van der Waals surface area contributed by atoms with Gasteiger partial charge in [0.1, 0.15) is 5.82 Å². The number of anilines is 2. The molecule has 4 rings (SSSR count). The normalized spacial score (nSPS) is 18.5. The van der Waals surface area contributed by atoms with Gasteiger partial charge in [-0.05, 0) is 37.3 Å². The number of fused-ring (bicyclic) bond motifs is 1. The first-order valence-corrected chi connectivity index (χ1v) is 9.13. The predicted molar refractivity (Wildman–Crippen MR) is 94.9 cm³/mol. The summed E-state index contributed by atoms with van der Waals surface area (Å²) in [7, 11) is 1.80. The largest absolute Gasteiger partial charge is 0.380 e. The van der Waals surface area contributed by atoms with Gasteiger partial charge in [-0.2, -0.15) is 0 Å². The third-order valence-corrected chi connectivity index (χ3v) is 5.53. The van der Waals surface area contributed by atoms with Crippen LogP contribution in [0.25, 0.3) is 0 Å². The van der Waals surface area contributed by atoms with Crippen LogP contribution in [0, 0.1) is 0 Å². The standard InChI is InChI=1S/C19H26N4O/c1-3-16(24-2)13-23-18(15-8-6-9-15)20-21-19(23)22-12-11-14-7-4-5-10-17(14)22/h4-5,7,10,15-16H,3,6,8-9,11-13H2,1-2H3. The topological polar surface area (TPSA) is 43.2 Å². The maximum absolute atomic E-state index is 5.65. The van der Waals surface area contributed by atoms with E-state index in [4.69, 9.17) is 4.74 Å². The molecule has 2 aromatic rings. The van der Waals surface area contributed by atoms with E-state index in [1.54, 1.807) is 7.11 Å². The molecule has 1 fully saturated rings. The number of rotatable bonds is 6. The van der Waals surface area contributed by atoms with Crippen molar-refractivity contribution in [1.82, 2.24) is 14.8 Å². The van der Waals surface area contributed by atoms with Crippen LogP contribution in [0.5, 0.6) is 0 Å². The van der Waals surface area contributed by atoms with Gasteiger partial charge in [0.05, 0.1) is 12.6 Å². The summed E-state index contributed by atoms with van der Waals surface area (Å²) in [6, 6.07) is 8.63. The number of nitrogens with zero attached hydrogens (tertiary/aromatic N) is 4. The van der Waals surface area contributed by atoms with Gasteiger partial charge in [0.2, 0.25) is 5.95 Å². The fourth-order valence-corrected chi connectivity index (χ4v) is 3.77. The fourth-order valence-electron chi connectivity index (χ4n) is 3.77. The maximum atomic E-state index is 5.65. The van der Waals surface area contributed by atoms with Crippen LogP contribution in [0.2, 0.25) is 0 Å². The molecule has 0 saturated heterocycles. The van der Waals surface area contributed by atoms with Gasteiger partial charge in [-0.15, -0.1) is 10.2 Å². The number of aromatic nitrogens is 3. The lowest BCUT2D eigenvalue weighted by Crippen LogP contribution is -2.26. The van der Waals surface area contributed by atoms with Gasteiger partial charge in [0.25, 0.3) is 0 Å². The van der Waals surface area contributed by atoms with Gasteiger partial charge < -0.3 is 9.64 Å². The lowest BCUT2D eigenvalue weighted by atomic mass is 9.85. The maximum Gasteiger partial charge on any atom is 0.231 e. The zero-order valence-electron chi connectivity index (χ0n) is 14.6. The number of para-hydroxylation sites is 1. The van der Waals surface area contributed by atoms with Crippen molar-refractivity contribution in [3.63, 3.8) is 0 Å². The van der Waals surface area contributed by atoms with E-state index in [1.165, 1.54) is 30.5 Å². The van der Waals surface area contributed by atoms with Crippen LogP contribution in [0.1, 0.15) is 49.9 Å². The minimum atomic E-state index is 0.205. The summed E-state index contributed by atoms with van der Waals surface area (Å²) in [5.74, 6) is 2.70. The molecule has 0 spiro atoms. The first-order valence-electron chi connectivity index (χ1n) is 9.13. The van der Waals surface area contributed by atoms with E-state index in [0.717, 1.165) is 37.7 Å². The Morgan fingerprint density at radius 3 is 2.79 bits per heavy atom. The molecule has 2 aliphatic rings. The molecule has 5 heteroatoms. The van der Waals surface area contributed by atoms with Gasteiger partial charge in [0, 0.05) is 25.3 Å². The van der Waals surface area contributed by atoms with Crippen molar-refractivity contribution >= 4 is 11.6 Å². The van der Waals surface area contributed by atoms with Gasteiger partial charge in [0.15, 0.2) is 0 Å². The Bertz CT molecular complexity index is 703. The van der Waals surface area contributed by atoms with E-state index in [1.807, 2.05) is 0 Å². The van der Waals surface area contributed by atoms with Crippen molar-refractivity contribution in [3.8, 4) is 0 Å². The summed E-state index contributed by atoms with van der Waals surface area (Å²) in [5, 5.41) is 9.20. The Labute approximate surface area is 143 Å². The molecule has 24 heavy (non-hydrogen) atoms. The summed E-state index contributed by atoms with van der Waals surface area (Å²) in [4.78, 5) is 2.33. The third kappa shape index (κ3) is 2.61. The Morgan fingerprint density at radius 1 is 1.25 bits per heavy atom. The van der Waals surface area contributed by atoms with E-state index in [9.17, 15) is 0 Å². The van der Waals surface area contributed by atoms with Crippen molar-refractivity contribution in [2.75, 3.05) is 18.6 Å². The minimum absolute atomic E-state index is 0.205. The molecule has 0 N–H and O–H groups in total. The number of hydrogen-bond acceptors (Lipinski definition) is 4. The highest BCUT2D eigenvalue weighted by Crippen LogP contribution is 2.39. The number of hydrogen-bond donors (Lipinski definition) is 0. The minimum Gasteiger partial charge on any atom is -0.380 e. The first-order chi connectivity index (χ1) is 11.8. The van der Waals surface area contributed by atoms with Crippen LogP contribution >= 0.6 is 0 Å². The summed E-state index contributed by atoms with van der Waals surface area (Å²) < 4.78 is 7.97. The fraction of sp³-hybridized carbons (Fsp3) is 0.579. The smallest absolute Gasteiger partial charge is 0.231 e. The van der Waals surface area contributed by atoms with Gasteiger partial charge in [-0.1, -0.05) is 31.5 Å². The molecule has 1 aromatic heterocycles. The average molecular weight is 326 g/mol. The van der Waals surface area contributed by atoms with Crippen molar-refractivity contribution < 1.29 is 4.74 Å². The second-order valence-electron chi connectivity index (χ2n) is 6.89. The summed E-state index contributed by atoms with van der Waals surface area (Å²) in [6.45, 7) is 3.98. The molecule has 1 saturated carbocycles. The van der Waals surface area contributed by atoms with Crippen LogP contribution in [0.15, 0.2) is 24.3 Å². The SMILES string of the molecule is CCC(Cn1c(C2CCC2)nnc1N1CCc2ccccc21)OC. The number of ether oxygens (including phenoxy) is 1. The molecule has 0 bridgehead atoms. The van der Waals surface area contributed by atoms with Crippen LogP contribution in [0.3, 0.4) is 0 Å². The van der Waals surface area contributed by atoms with Gasteiger partial charge >= 0.3 is 0 Å². The highest BCUT2D eigenvalue weighted by molar-refractivity contribution is 5.65. The van der Waals surface area contributed by atoms with E-state index in [2.05, 4.69) is 50.9 Å². The molecule has 0 radical (unpaired) electrons. The quantitative estimate of drug-likeness (QED) is 0.812. The lowest BCUT2D eigenvalue weighted by Gasteiger charge is -2.28. The number of benzene rings is 1. The first kappa shape index (κ1) is 15.6. The summed E-state index contributed by atoms with van der Waals surface area (Å²) >= 11 is 0. The molecular formula is C19H26N4O. The molecule has 5 nitrogen and oxygen atoms in total. The van der Waals surface area contributed by atoms with Crippen LogP contribution in [-0.4, -0.2) is 34.5 Å². The zero-order valence-corrected chi connectivity index (χ0v) is 14.6. The molecule has 1 aromatic carbocycles. The van der Waals surface area contributed by atoms with Crippen molar-refractivity contribution in [2.24, 2.45) is 0 Å². The molecular weight excluding hydrogens is 300 g/mol. The molecule has 128 valence electrons. The third-order valence-electron chi connectivity index (χ3n) is 5.53. The second kappa shape index (κ2) is 6.55. The van der Waals surface area contributed by atoms with E-state index >= 15 is 0 Å². The van der Waals surface area contributed by atoms with Gasteiger partial charge in [-0.25, -0.2) is 0 Å². The van der Waals surface area contributed by atoms with Crippen molar-refractivity contribution in [1.29, 1.82) is 0 Å². The predicted octanol–water partition coefficient (Wildman–Crippen LogP) is 3.66. The molecule has 2 heterocycles. The summed E-state index contributed by atoms with van der Waals surface area (Å²) in [6.07, 6.45) is 6.05. The summed E-state index contributed by atoms with van der Waals surface area (Å²) in [5.41, 5.74) is 2.67. The Morgan fingerprint density at radius 2 is 2.08 bits per heavy atom. The molecule has 0 amide bonds. The average Bonchev–Trinajstić information content (AvgIpc) is 3.15. The zero-order chi connectivity index (χ0) is 16.5. The van der Waals surface area contributed by atoms with Crippen LogP contribution < -0.4 is 4.90 Å². The van der Waals surface area contributed by atoms with Crippen LogP contribution in [-0.2, 0) is 17.7 Å². The van der Waals surface area contributed by atoms with Crippen molar-refractivity contribution in [3.05, 3.63) is 35.7 Å². The van der Waals surface area contributed by atoms with E-state index in [0.29, 0.717) is 5.92 Å². The lowest BCUT2D eigenvalue weighted by molar-refractivity contribution is 0.0834. The van der Waals surface area contributed by atoms with E-state index in [-0.39, 0.29) is 6.10 Å². The monoisotopic (exact) mass is 326 g/mol. The molecule has 1 aliphatic heterocycles. The molecule has 1 aliphatic carbocycles. The molecule has 1 atom stereocenters. The molecule has 1 unspecified atom stereocenters. The van der Waals surface area contributed by atoms with E-state index < -0.39 is 0 Å².